The molecule has 1 saturated heterocycles. The van der Waals surface area contributed by atoms with Gasteiger partial charge in [-0.25, -0.2) is 9.38 Å². The van der Waals surface area contributed by atoms with Gasteiger partial charge in [0.15, 0.2) is 5.17 Å². The molecule has 0 aromatic heterocycles. The number of ether oxygens (including phenoxy) is 1. The van der Waals surface area contributed by atoms with Crippen molar-refractivity contribution in [1.82, 2.24) is 4.90 Å². The van der Waals surface area contributed by atoms with Gasteiger partial charge in [0.1, 0.15) is 16.8 Å². The Morgan fingerprint density at radius 2 is 2.14 bits per heavy atom. The summed E-state index contributed by atoms with van der Waals surface area (Å²) in [4.78, 5) is 31.4. The smallest absolute Gasteiger partial charge is 0.238 e. The van der Waals surface area contributed by atoms with Crippen molar-refractivity contribution in [1.29, 1.82) is 0 Å². The van der Waals surface area contributed by atoms with Crippen molar-refractivity contribution in [2.24, 2.45) is 4.99 Å². The summed E-state index contributed by atoms with van der Waals surface area (Å²) in [5.74, 6) is -0.311. The van der Waals surface area contributed by atoms with Crippen molar-refractivity contribution in [2.75, 3.05) is 19.0 Å². The van der Waals surface area contributed by atoms with Gasteiger partial charge in [0, 0.05) is 24.7 Å². The monoisotopic (exact) mass is 413 g/mol. The quantitative estimate of drug-likeness (QED) is 0.727. The second kappa shape index (κ2) is 9.38. The third kappa shape index (κ3) is 5.23. The minimum absolute atomic E-state index is 0.0304. The summed E-state index contributed by atoms with van der Waals surface area (Å²) in [7, 11) is 1.56. The zero-order valence-electron chi connectivity index (χ0n) is 15.8. The first kappa shape index (κ1) is 20.6. The Hall–Kier alpha value is -3.13. The van der Waals surface area contributed by atoms with Crippen LogP contribution in [0.5, 0.6) is 5.75 Å². The van der Waals surface area contributed by atoms with Gasteiger partial charge in [0.2, 0.25) is 11.8 Å². The number of halogens is 1. The summed E-state index contributed by atoms with van der Waals surface area (Å²) in [5.41, 5.74) is 1.07. The fraction of sp³-hybridized carbons (Fsp3) is 0.190. The zero-order valence-corrected chi connectivity index (χ0v) is 16.6. The van der Waals surface area contributed by atoms with Gasteiger partial charge in [0.05, 0.1) is 12.8 Å². The highest BCUT2D eigenvalue weighted by Crippen LogP contribution is 2.30. The van der Waals surface area contributed by atoms with Gasteiger partial charge in [-0.1, -0.05) is 23.9 Å². The van der Waals surface area contributed by atoms with Crippen LogP contribution in [-0.2, 0) is 9.59 Å². The molecule has 0 bridgehead atoms. The SMILES string of the molecule is C=CCN1C(=O)CC(C(=O)Nc2ccc(F)cc2)SC1=Nc1cccc(OC)c1. The number of carbonyl (C=O) groups excluding carboxylic acids is 2. The number of amides is 2. The largest absolute Gasteiger partial charge is 0.497 e. The minimum Gasteiger partial charge on any atom is -0.497 e. The standard InChI is InChI=1S/C21H20FN3O3S/c1-3-11-25-19(26)13-18(20(27)23-15-9-7-14(22)8-10-15)29-21(25)24-16-5-4-6-17(12-16)28-2/h3-10,12,18H,1,11,13H2,2H3,(H,23,27). The summed E-state index contributed by atoms with van der Waals surface area (Å²) in [5, 5.41) is 2.47. The highest BCUT2D eigenvalue weighted by Gasteiger charge is 2.35. The molecule has 0 aliphatic carbocycles. The predicted molar refractivity (Wildman–Crippen MR) is 113 cm³/mol. The molecular formula is C21H20FN3O3S. The summed E-state index contributed by atoms with van der Waals surface area (Å²) in [6.45, 7) is 3.98. The van der Waals surface area contributed by atoms with Crippen molar-refractivity contribution in [3.05, 3.63) is 67.0 Å². The third-order valence-corrected chi connectivity index (χ3v) is 5.32. The number of aliphatic imine (C=N–C) groups is 1. The van der Waals surface area contributed by atoms with E-state index in [4.69, 9.17) is 4.74 Å². The van der Waals surface area contributed by atoms with Crippen LogP contribution in [0.15, 0.2) is 66.2 Å². The van der Waals surface area contributed by atoms with E-state index < -0.39 is 11.1 Å². The van der Waals surface area contributed by atoms with E-state index in [2.05, 4.69) is 16.9 Å². The molecule has 29 heavy (non-hydrogen) atoms. The van der Waals surface area contributed by atoms with Gasteiger partial charge in [-0.3, -0.25) is 14.5 Å². The lowest BCUT2D eigenvalue weighted by Gasteiger charge is -2.31. The molecule has 2 aromatic rings. The van der Waals surface area contributed by atoms with Gasteiger partial charge < -0.3 is 10.1 Å². The van der Waals surface area contributed by atoms with Gasteiger partial charge in [-0.15, -0.1) is 6.58 Å². The maximum absolute atomic E-state index is 13.1. The van der Waals surface area contributed by atoms with Crippen molar-refractivity contribution >= 4 is 40.1 Å². The van der Waals surface area contributed by atoms with Gasteiger partial charge in [-0.2, -0.15) is 0 Å². The van der Waals surface area contributed by atoms with Crippen molar-refractivity contribution < 1.29 is 18.7 Å². The molecule has 2 aromatic carbocycles. The molecule has 0 saturated carbocycles. The van der Waals surface area contributed by atoms with Crippen LogP contribution in [0, 0.1) is 5.82 Å². The average Bonchev–Trinajstić information content (AvgIpc) is 2.72. The number of benzene rings is 2. The third-order valence-electron chi connectivity index (χ3n) is 4.13. The first-order chi connectivity index (χ1) is 14.0. The zero-order chi connectivity index (χ0) is 20.8. The van der Waals surface area contributed by atoms with E-state index in [1.165, 1.54) is 40.9 Å². The highest BCUT2D eigenvalue weighted by molar-refractivity contribution is 8.15. The van der Waals surface area contributed by atoms with E-state index in [-0.39, 0.29) is 18.2 Å². The fourth-order valence-electron chi connectivity index (χ4n) is 2.70. The molecule has 2 amide bonds. The van der Waals surface area contributed by atoms with Crippen molar-refractivity contribution in [3.8, 4) is 5.75 Å². The predicted octanol–water partition coefficient (Wildman–Crippen LogP) is 3.98. The molecule has 1 aliphatic heterocycles. The number of hydrogen-bond acceptors (Lipinski definition) is 5. The van der Waals surface area contributed by atoms with Crippen LogP contribution in [0.3, 0.4) is 0 Å². The van der Waals surface area contributed by atoms with Crippen molar-refractivity contribution in [3.63, 3.8) is 0 Å². The van der Waals surface area contributed by atoms with Gasteiger partial charge in [0.25, 0.3) is 0 Å². The number of amidine groups is 1. The number of anilines is 1. The summed E-state index contributed by atoms with van der Waals surface area (Å²) < 4.78 is 18.3. The number of nitrogens with zero attached hydrogens (tertiary/aromatic N) is 2. The van der Waals surface area contributed by atoms with Crippen molar-refractivity contribution in [2.45, 2.75) is 11.7 Å². The molecule has 1 N–H and O–H groups in total. The molecule has 1 fully saturated rings. The van der Waals surface area contributed by atoms with E-state index in [0.29, 0.717) is 28.8 Å². The van der Waals surface area contributed by atoms with E-state index >= 15 is 0 Å². The Bertz CT molecular complexity index is 946. The topological polar surface area (TPSA) is 71.0 Å². The number of thioether (sulfide) groups is 1. The molecule has 1 aliphatic rings. The molecule has 3 rings (SSSR count). The van der Waals surface area contributed by atoms with E-state index in [9.17, 15) is 14.0 Å². The van der Waals surface area contributed by atoms with Gasteiger partial charge in [-0.05, 0) is 36.4 Å². The lowest BCUT2D eigenvalue weighted by Crippen LogP contribution is -2.45. The first-order valence-electron chi connectivity index (χ1n) is 8.87. The number of nitrogens with one attached hydrogen (secondary N) is 1. The normalized spacial score (nSPS) is 17.9. The Kier molecular flexibility index (Phi) is 6.66. The van der Waals surface area contributed by atoms with E-state index in [1.54, 1.807) is 37.5 Å². The molecule has 1 unspecified atom stereocenters. The second-order valence-corrected chi connectivity index (χ2v) is 7.37. The molecule has 0 radical (unpaired) electrons. The summed E-state index contributed by atoms with van der Waals surface area (Å²) >= 11 is 1.20. The van der Waals surface area contributed by atoms with Crippen LogP contribution >= 0.6 is 11.8 Å². The Labute approximate surface area is 172 Å². The molecule has 1 heterocycles. The van der Waals surface area contributed by atoms with E-state index in [0.717, 1.165) is 0 Å². The molecule has 0 spiro atoms. The van der Waals surface area contributed by atoms with Gasteiger partial charge >= 0.3 is 0 Å². The number of carbonyl (C=O) groups is 2. The lowest BCUT2D eigenvalue weighted by atomic mass is 10.2. The summed E-state index contributed by atoms with van der Waals surface area (Å²) in [6, 6.07) is 12.6. The lowest BCUT2D eigenvalue weighted by molar-refractivity contribution is -0.129. The number of methoxy groups -OCH3 is 1. The first-order valence-corrected chi connectivity index (χ1v) is 9.75. The van der Waals surface area contributed by atoms with E-state index in [1.807, 2.05) is 0 Å². The average molecular weight is 413 g/mol. The fourth-order valence-corrected chi connectivity index (χ4v) is 3.80. The number of rotatable bonds is 6. The molecule has 1 atom stereocenters. The maximum atomic E-state index is 13.1. The number of hydrogen-bond donors (Lipinski definition) is 1. The van der Waals surface area contributed by atoms with Crippen LogP contribution in [-0.4, -0.2) is 40.8 Å². The highest BCUT2D eigenvalue weighted by atomic mass is 32.2. The maximum Gasteiger partial charge on any atom is 0.238 e. The Morgan fingerprint density at radius 3 is 2.83 bits per heavy atom. The Balaban J connectivity index is 1.83. The Morgan fingerprint density at radius 1 is 1.38 bits per heavy atom. The molecule has 6 nitrogen and oxygen atoms in total. The summed E-state index contributed by atoms with van der Waals surface area (Å²) in [6.07, 6.45) is 1.64. The van der Waals surface area contributed by atoms with Crippen LogP contribution < -0.4 is 10.1 Å². The van der Waals surface area contributed by atoms with Crippen LogP contribution in [0.2, 0.25) is 0 Å². The molecule has 150 valence electrons. The van der Waals surface area contributed by atoms with Crippen LogP contribution in [0.25, 0.3) is 0 Å². The van der Waals surface area contributed by atoms with Crippen LogP contribution in [0.1, 0.15) is 6.42 Å². The van der Waals surface area contributed by atoms with Crippen LogP contribution in [0.4, 0.5) is 15.8 Å². The molecule has 8 heteroatoms. The minimum atomic E-state index is -0.655. The molecular weight excluding hydrogens is 393 g/mol. The second-order valence-electron chi connectivity index (χ2n) is 6.20.